The van der Waals surface area contributed by atoms with Crippen molar-refractivity contribution in [2.45, 2.75) is 32.4 Å². The molecule has 0 radical (unpaired) electrons. The summed E-state index contributed by atoms with van der Waals surface area (Å²) >= 11 is 0. The zero-order valence-electron chi connectivity index (χ0n) is 6.13. The lowest BCUT2D eigenvalue weighted by molar-refractivity contribution is 0.0774. The van der Waals surface area contributed by atoms with Gasteiger partial charge in [-0.1, -0.05) is 6.92 Å². The van der Waals surface area contributed by atoms with E-state index >= 15 is 0 Å². The first-order chi connectivity index (χ1) is 4.22. The smallest absolute Gasteiger partial charge is 0.0749 e. The summed E-state index contributed by atoms with van der Waals surface area (Å²) in [6.45, 7) is 5.10. The minimum absolute atomic E-state index is 0.197. The lowest BCUT2D eigenvalue weighted by Gasteiger charge is -2.17. The molecule has 0 spiro atoms. The highest BCUT2D eigenvalue weighted by Crippen LogP contribution is 2.21. The van der Waals surface area contributed by atoms with E-state index in [1.54, 1.807) is 0 Å². The van der Waals surface area contributed by atoms with Crippen molar-refractivity contribution in [3.63, 3.8) is 0 Å². The van der Waals surface area contributed by atoms with Crippen LogP contribution in [0.4, 0.5) is 0 Å². The van der Waals surface area contributed by atoms with Crippen molar-refractivity contribution in [2.24, 2.45) is 11.7 Å². The SMILES string of the molecule is CC(N)C1OCCC1C. The van der Waals surface area contributed by atoms with Gasteiger partial charge < -0.3 is 10.5 Å². The Bertz CT molecular complexity index is 92.9. The third-order valence-electron chi connectivity index (χ3n) is 1.96. The number of rotatable bonds is 1. The molecule has 1 heterocycles. The molecule has 0 aromatic carbocycles. The van der Waals surface area contributed by atoms with Gasteiger partial charge in [-0.3, -0.25) is 0 Å². The van der Waals surface area contributed by atoms with Crippen molar-refractivity contribution >= 4 is 0 Å². The summed E-state index contributed by atoms with van der Waals surface area (Å²) in [5.41, 5.74) is 5.66. The summed E-state index contributed by atoms with van der Waals surface area (Å²) < 4.78 is 5.40. The predicted molar refractivity (Wildman–Crippen MR) is 37.2 cm³/mol. The second-order valence-corrected chi connectivity index (χ2v) is 2.96. The maximum Gasteiger partial charge on any atom is 0.0749 e. The van der Waals surface area contributed by atoms with E-state index in [-0.39, 0.29) is 6.04 Å². The molecule has 0 saturated carbocycles. The average molecular weight is 129 g/mol. The molecule has 2 N–H and O–H groups in total. The fourth-order valence-electron chi connectivity index (χ4n) is 1.39. The zero-order chi connectivity index (χ0) is 6.85. The monoisotopic (exact) mass is 129 g/mol. The van der Waals surface area contributed by atoms with Crippen LogP contribution in [0.5, 0.6) is 0 Å². The van der Waals surface area contributed by atoms with Crippen LogP contribution in [0, 0.1) is 5.92 Å². The minimum Gasteiger partial charge on any atom is -0.376 e. The molecule has 9 heavy (non-hydrogen) atoms. The van der Waals surface area contributed by atoms with Gasteiger partial charge in [-0.2, -0.15) is 0 Å². The van der Waals surface area contributed by atoms with Crippen LogP contribution in [-0.4, -0.2) is 18.8 Å². The highest BCUT2D eigenvalue weighted by molar-refractivity contribution is 4.78. The standard InChI is InChI=1S/C7H15NO/c1-5-3-4-9-7(5)6(2)8/h5-7H,3-4,8H2,1-2H3. The molecular formula is C7H15NO. The zero-order valence-corrected chi connectivity index (χ0v) is 6.13. The van der Waals surface area contributed by atoms with Crippen LogP contribution in [0.25, 0.3) is 0 Å². The molecule has 0 bridgehead atoms. The molecule has 1 saturated heterocycles. The van der Waals surface area contributed by atoms with Gasteiger partial charge in [0.05, 0.1) is 6.10 Å². The molecule has 0 amide bonds. The van der Waals surface area contributed by atoms with Gasteiger partial charge in [0.2, 0.25) is 0 Å². The van der Waals surface area contributed by atoms with Gasteiger partial charge >= 0.3 is 0 Å². The van der Waals surface area contributed by atoms with Crippen LogP contribution in [-0.2, 0) is 4.74 Å². The largest absolute Gasteiger partial charge is 0.376 e. The van der Waals surface area contributed by atoms with E-state index in [4.69, 9.17) is 10.5 Å². The van der Waals surface area contributed by atoms with Crippen LogP contribution < -0.4 is 5.73 Å². The van der Waals surface area contributed by atoms with Crippen molar-refractivity contribution in [3.05, 3.63) is 0 Å². The van der Waals surface area contributed by atoms with Crippen molar-refractivity contribution < 1.29 is 4.74 Å². The fourth-order valence-corrected chi connectivity index (χ4v) is 1.39. The van der Waals surface area contributed by atoms with E-state index in [1.807, 2.05) is 6.92 Å². The molecule has 3 atom stereocenters. The van der Waals surface area contributed by atoms with Gasteiger partial charge in [-0.25, -0.2) is 0 Å². The molecule has 3 unspecified atom stereocenters. The molecule has 0 aliphatic carbocycles. The van der Waals surface area contributed by atoms with Crippen LogP contribution >= 0.6 is 0 Å². The van der Waals surface area contributed by atoms with Crippen molar-refractivity contribution in [1.29, 1.82) is 0 Å². The average Bonchev–Trinajstić information content (AvgIpc) is 2.13. The fraction of sp³-hybridized carbons (Fsp3) is 1.00. The Morgan fingerprint density at radius 1 is 1.67 bits per heavy atom. The Kier molecular flexibility index (Phi) is 2.09. The van der Waals surface area contributed by atoms with E-state index < -0.39 is 0 Å². The molecule has 1 aliphatic heterocycles. The van der Waals surface area contributed by atoms with E-state index in [0.29, 0.717) is 12.0 Å². The lowest BCUT2D eigenvalue weighted by atomic mass is 9.99. The van der Waals surface area contributed by atoms with Gasteiger partial charge in [0, 0.05) is 12.6 Å². The third-order valence-corrected chi connectivity index (χ3v) is 1.96. The maximum atomic E-state index is 5.66. The summed E-state index contributed by atoms with van der Waals surface area (Å²) in [5, 5.41) is 0. The van der Waals surface area contributed by atoms with Crippen molar-refractivity contribution in [3.8, 4) is 0 Å². The molecule has 1 fully saturated rings. The first-order valence-corrected chi connectivity index (χ1v) is 3.59. The molecule has 54 valence electrons. The maximum absolute atomic E-state index is 5.66. The van der Waals surface area contributed by atoms with Gasteiger partial charge in [0.1, 0.15) is 0 Å². The Morgan fingerprint density at radius 2 is 2.33 bits per heavy atom. The van der Waals surface area contributed by atoms with Crippen LogP contribution in [0.15, 0.2) is 0 Å². The first kappa shape index (κ1) is 7.03. The van der Waals surface area contributed by atoms with Crippen LogP contribution in [0.3, 0.4) is 0 Å². The first-order valence-electron chi connectivity index (χ1n) is 3.59. The second-order valence-electron chi connectivity index (χ2n) is 2.96. The van der Waals surface area contributed by atoms with Gasteiger partial charge in [0.25, 0.3) is 0 Å². The van der Waals surface area contributed by atoms with Crippen LogP contribution in [0.1, 0.15) is 20.3 Å². The molecule has 1 aliphatic rings. The summed E-state index contributed by atoms with van der Waals surface area (Å²) in [5.74, 6) is 0.657. The number of ether oxygens (including phenoxy) is 1. The summed E-state index contributed by atoms with van der Waals surface area (Å²) in [4.78, 5) is 0. The van der Waals surface area contributed by atoms with Crippen molar-refractivity contribution in [2.75, 3.05) is 6.61 Å². The number of nitrogens with two attached hydrogens (primary N) is 1. The van der Waals surface area contributed by atoms with E-state index in [9.17, 15) is 0 Å². The normalized spacial score (nSPS) is 39.0. The molecule has 0 aromatic rings. The Balaban J connectivity index is 2.40. The Labute approximate surface area is 56.4 Å². The van der Waals surface area contributed by atoms with Crippen molar-refractivity contribution in [1.82, 2.24) is 0 Å². The lowest BCUT2D eigenvalue weighted by Crippen LogP contribution is -2.34. The van der Waals surface area contributed by atoms with E-state index in [2.05, 4.69) is 6.92 Å². The summed E-state index contributed by atoms with van der Waals surface area (Å²) in [6.07, 6.45) is 1.48. The topological polar surface area (TPSA) is 35.2 Å². The van der Waals surface area contributed by atoms with Gasteiger partial charge in [-0.15, -0.1) is 0 Å². The third kappa shape index (κ3) is 1.43. The molecule has 2 heteroatoms. The highest BCUT2D eigenvalue weighted by Gasteiger charge is 2.26. The quantitative estimate of drug-likeness (QED) is 0.567. The second kappa shape index (κ2) is 2.67. The van der Waals surface area contributed by atoms with Gasteiger partial charge in [0.15, 0.2) is 0 Å². The van der Waals surface area contributed by atoms with Crippen LogP contribution in [0.2, 0.25) is 0 Å². The predicted octanol–water partition coefficient (Wildman–Crippen LogP) is 0.759. The molecule has 2 nitrogen and oxygen atoms in total. The number of hydrogen-bond donors (Lipinski definition) is 1. The highest BCUT2D eigenvalue weighted by atomic mass is 16.5. The Hall–Kier alpha value is -0.0800. The molecule has 1 rings (SSSR count). The van der Waals surface area contributed by atoms with Gasteiger partial charge in [-0.05, 0) is 19.3 Å². The van der Waals surface area contributed by atoms with E-state index in [1.165, 1.54) is 6.42 Å². The number of hydrogen-bond acceptors (Lipinski definition) is 2. The minimum atomic E-state index is 0.197. The van der Waals surface area contributed by atoms with E-state index in [0.717, 1.165) is 6.61 Å². The molecular weight excluding hydrogens is 114 g/mol. The Morgan fingerprint density at radius 3 is 2.56 bits per heavy atom. The molecule has 0 aromatic heterocycles. The summed E-state index contributed by atoms with van der Waals surface area (Å²) in [6, 6.07) is 0.197. The summed E-state index contributed by atoms with van der Waals surface area (Å²) in [7, 11) is 0.